The van der Waals surface area contributed by atoms with E-state index in [-0.39, 0.29) is 0 Å². The number of nitrogens with zero attached hydrogens (tertiary/aromatic N) is 2. The summed E-state index contributed by atoms with van der Waals surface area (Å²) in [7, 11) is 0. The molecule has 0 aliphatic heterocycles. The molecule has 0 fully saturated rings. The summed E-state index contributed by atoms with van der Waals surface area (Å²) in [6.45, 7) is 4.31. The van der Waals surface area contributed by atoms with Crippen molar-refractivity contribution in [1.29, 1.82) is 0 Å². The number of anilines is 1. The van der Waals surface area contributed by atoms with Gasteiger partial charge in [-0.1, -0.05) is 44.2 Å². The highest BCUT2D eigenvalue weighted by molar-refractivity contribution is 5.61. The second-order valence-corrected chi connectivity index (χ2v) is 4.42. The molecule has 0 aliphatic rings. The average molecular weight is 241 g/mol. The Balaban J connectivity index is 2.44. The maximum Gasteiger partial charge on any atom is 0.134 e. The van der Waals surface area contributed by atoms with E-state index in [1.54, 1.807) is 0 Å². The van der Waals surface area contributed by atoms with Gasteiger partial charge in [0.15, 0.2) is 0 Å². The molecule has 1 aromatic carbocycles. The van der Waals surface area contributed by atoms with Gasteiger partial charge in [0.2, 0.25) is 0 Å². The van der Waals surface area contributed by atoms with Crippen LogP contribution < -0.4 is 5.73 Å². The van der Waals surface area contributed by atoms with Crippen molar-refractivity contribution in [2.45, 2.75) is 32.6 Å². The molecule has 2 rings (SSSR count). The van der Waals surface area contributed by atoms with Gasteiger partial charge < -0.3 is 5.73 Å². The van der Waals surface area contributed by atoms with E-state index in [1.165, 1.54) is 0 Å². The molecule has 0 unspecified atom stereocenters. The maximum atomic E-state index is 5.89. The Morgan fingerprint density at radius 2 is 1.72 bits per heavy atom. The van der Waals surface area contributed by atoms with Crippen LogP contribution in [0.1, 0.15) is 38.4 Å². The molecule has 0 saturated carbocycles. The summed E-state index contributed by atoms with van der Waals surface area (Å²) in [5.41, 5.74) is 7.88. The third-order valence-electron chi connectivity index (χ3n) is 3.18. The number of hydrogen-bond acceptors (Lipinski definition) is 3. The van der Waals surface area contributed by atoms with Crippen LogP contribution >= 0.6 is 0 Å². The van der Waals surface area contributed by atoms with E-state index in [4.69, 9.17) is 5.73 Å². The summed E-state index contributed by atoms with van der Waals surface area (Å²) in [5.74, 6) is 1.79. The van der Waals surface area contributed by atoms with Crippen LogP contribution in [0.5, 0.6) is 0 Å². The van der Waals surface area contributed by atoms with E-state index >= 15 is 0 Å². The van der Waals surface area contributed by atoms with Crippen LogP contribution in [0.15, 0.2) is 36.4 Å². The predicted octanol–water partition coefficient (Wildman–Crippen LogP) is 3.63. The monoisotopic (exact) mass is 241 g/mol. The first-order chi connectivity index (χ1) is 8.74. The second kappa shape index (κ2) is 5.63. The number of aromatic nitrogens is 2. The van der Waals surface area contributed by atoms with Gasteiger partial charge >= 0.3 is 0 Å². The molecule has 1 heterocycles. The molecule has 0 amide bonds. The summed E-state index contributed by atoms with van der Waals surface area (Å²) >= 11 is 0. The standard InChI is InChI=1S/C15H19N3/c1-3-11(4-2)15-17-13(10-14(16)18-15)12-8-6-5-7-9-12/h5-11H,3-4H2,1-2H3,(H2,16,17,18). The van der Waals surface area contributed by atoms with Crippen molar-refractivity contribution in [3.05, 3.63) is 42.2 Å². The molecule has 0 saturated heterocycles. The van der Waals surface area contributed by atoms with Gasteiger partial charge in [0, 0.05) is 17.5 Å². The molecule has 0 atom stereocenters. The minimum absolute atomic E-state index is 0.385. The average Bonchev–Trinajstić information content (AvgIpc) is 2.40. The number of nitrogens with two attached hydrogens (primary N) is 1. The zero-order chi connectivity index (χ0) is 13.0. The van der Waals surface area contributed by atoms with Crippen molar-refractivity contribution in [2.75, 3.05) is 5.73 Å². The Hall–Kier alpha value is -1.90. The quantitative estimate of drug-likeness (QED) is 0.889. The molecule has 2 aromatic rings. The summed E-state index contributed by atoms with van der Waals surface area (Å²) in [6, 6.07) is 11.9. The molecule has 3 heteroatoms. The maximum absolute atomic E-state index is 5.89. The lowest BCUT2D eigenvalue weighted by atomic mass is 10.0. The van der Waals surface area contributed by atoms with E-state index in [1.807, 2.05) is 36.4 Å². The first kappa shape index (κ1) is 12.6. The Kier molecular flexibility index (Phi) is 3.92. The topological polar surface area (TPSA) is 51.8 Å². The Morgan fingerprint density at radius 3 is 2.33 bits per heavy atom. The Bertz CT molecular complexity index is 504. The third kappa shape index (κ3) is 2.67. The van der Waals surface area contributed by atoms with Crippen LogP contribution in [0.2, 0.25) is 0 Å². The molecule has 94 valence electrons. The molecule has 0 spiro atoms. The van der Waals surface area contributed by atoms with Gasteiger partial charge in [-0.2, -0.15) is 0 Å². The van der Waals surface area contributed by atoms with Gasteiger partial charge in [-0.05, 0) is 12.8 Å². The van der Waals surface area contributed by atoms with Crippen LogP contribution in [0, 0.1) is 0 Å². The van der Waals surface area contributed by atoms with Gasteiger partial charge in [0.25, 0.3) is 0 Å². The van der Waals surface area contributed by atoms with E-state index in [9.17, 15) is 0 Å². The molecule has 1 aromatic heterocycles. The van der Waals surface area contributed by atoms with E-state index in [0.29, 0.717) is 11.7 Å². The van der Waals surface area contributed by atoms with Crippen LogP contribution in [0.4, 0.5) is 5.82 Å². The number of nitrogen functional groups attached to an aromatic ring is 1. The van der Waals surface area contributed by atoms with E-state index in [2.05, 4.69) is 23.8 Å². The van der Waals surface area contributed by atoms with Crippen LogP contribution in [0.3, 0.4) is 0 Å². The van der Waals surface area contributed by atoms with Crippen molar-refractivity contribution in [3.8, 4) is 11.3 Å². The molecular weight excluding hydrogens is 222 g/mol. The number of benzene rings is 1. The SMILES string of the molecule is CCC(CC)c1nc(N)cc(-c2ccccc2)n1. The lowest BCUT2D eigenvalue weighted by Crippen LogP contribution is -2.06. The predicted molar refractivity (Wildman–Crippen MR) is 75.2 cm³/mol. The van der Waals surface area contributed by atoms with Crippen molar-refractivity contribution in [3.63, 3.8) is 0 Å². The Morgan fingerprint density at radius 1 is 1.06 bits per heavy atom. The van der Waals surface area contributed by atoms with Gasteiger partial charge in [-0.25, -0.2) is 9.97 Å². The zero-order valence-electron chi connectivity index (χ0n) is 10.9. The van der Waals surface area contributed by atoms with Crippen LogP contribution in [-0.2, 0) is 0 Å². The summed E-state index contributed by atoms with van der Waals surface area (Å²) in [4.78, 5) is 9.02. The van der Waals surface area contributed by atoms with Gasteiger partial charge in [-0.3, -0.25) is 0 Å². The van der Waals surface area contributed by atoms with E-state index in [0.717, 1.165) is 29.9 Å². The molecule has 3 nitrogen and oxygen atoms in total. The molecule has 0 radical (unpaired) electrons. The van der Waals surface area contributed by atoms with Gasteiger partial charge in [0.1, 0.15) is 11.6 Å². The zero-order valence-corrected chi connectivity index (χ0v) is 10.9. The highest BCUT2D eigenvalue weighted by atomic mass is 15.0. The smallest absolute Gasteiger partial charge is 0.134 e. The fourth-order valence-corrected chi connectivity index (χ4v) is 2.08. The highest BCUT2D eigenvalue weighted by Gasteiger charge is 2.12. The number of rotatable bonds is 4. The first-order valence-electron chi connectivity index (χ1n) is 6.44. The van der Waals surface area contributed by atoms with E-state index < -0.39 is 0 Å². The minimum atomic E-state index is 0.385. The molecular formula is C15H19N3. The molecule has 2 N–H and O–H groups in total. The summed E-state index contributed by atoms with van der Waals surface area (Å²) in [5, 5.41) is 0. The van der Waals surface area contributed by atoms with Crippen molar-refractivity contribution < 1.29 is 0 Å². The third-order valence-corrected chi connectivity index (χ3v) is 3.18. The lowest BCUT2D eigenvalue weighted by molar-refractivity contribution is 0.603. The largest absolute Gasteiger partial charge is 0.384 e. The summed E-state index contributed by atoms with van der Waals surface area (Å²) in [6.07, 6.45) is 2.07. The summed E-state index contributed by atoms with van der Waals surface area (Å²) < 4.78 is 0. The minimum Gasteiger partial charge on any atom is -0.384 e. The van der Waals surface area contributed by atoms with Gasteiger partial charge in [-0.15, -0.1) is 0 Å². The lowest BCUT2D eigenvalue weighted by Gasteiger charge is -2.12. The van der Waals surface area contributed by atoms with Crippen molar-refractivity contribution in [1.82, 2.24) is 9.97 Å². The first-order valence-corrected chi connectivity index (χ1v) is 6.44. The molecule has 18 heavy (non-hydrogen) atoms. The van der Waals surface area contributed by atoms with Crippen molar-refractivity contribution in [2.24, 2.45) is 0 Å². The molecule has 0 bridgehead atoms. The second-order valence-electron chi connectivity index (χ2n) is 4.42. The number of hydrogen-bond donors (Lipinski definition) is 1. The van der Waals surface area contributed by atoms with Crippen molar-refractivity contribution >= 4 is 5.82 Å². The van der Waals surface area contributed by atoms with Crippen LogP contribution in [-0.4, -0.2) is 9.97 Å². The Labute approximate surface area is 108 Å². The fraction of sp³-hybridized carbons (Fsp3) is 0.333. The molecule has 0 aliphatic carbocycles. The normalized spacial score (nSPS) is 10.8. The fourth-order valence-electron chi connectivity index (χ4n) is 2.08. The van der Waals surface area contributed by atoms with Crippen LogP contribution in [0.25, 0.3) is 11.3 Å². The highest BCUT2D eigenvalue weighted by Crippen LogP contribution is 2.24. The van der Waals surface area contributed by atoms with Gasteiger partial charge in [0.05, 0.1) is 5.69 Å².